The van der Waals surface area contributed by atoms with Crippen LogP contribution in [0.4, 0.5) is 0 Å². The van der Waals surface area contributed by atoms with Crippen molar-refractivity contribution < 1.29 is 4.74 Å². The van der Waals surface area contributed by atoms with E-state index in [2.05, 4.69) is 26.6 Å². The molecule has 0 bridgehead atoms. The van der Waals surface area contributed by atoms with E-state index in [0.717, 1.165) is 28.3 Å². The molecule has 4 aromatic rings. The van der Waals surface area contributed by atoms with E-state index in [1.165, 1.54) is 0 Å². The van der Waals surface area contributed by atoms with Crippen LogP contribution in [-0.4, -0.2) is 38.4 Å². The normalized spacial score (nSPS) is 11.1. The summed E-state index contributed by atoms with van der Waals surface area (Å²) in [5, 5.41) is 5.55. The quantitative estimate of drug-likeness (QED) is 0.331. The van der Waals surface area contributed by atoms with Crippen molar-refractivity contribution in [1.82, 2.24) is 24.2 Å². The Hall–Kier alpha value is -3.00. The maximum absolute atomic E-state index is 6.19. The van der Waals surface area contributed by atoms with Crippen molar-refractivity contribution in [3.63, 3.8) is 0 Å². The minimum atomic E-state index is 0.522. The Kier molecular flexibility index (Phi) is 6.99. The smallest absolute Gasteiger partial charge is 0.199 e. The minimum Gasteiger partial charge on any atom is -0.496 e. The Morgan fingerprint density at radius 3 is 2.53 bits per heavy atom. The molecule has 0 N–H and O–H groups in total. The second-order valence-electron chi connectivity index (χ2n) is 7.53. The van der Waals surface area contributed by atoms with Gasteiger partial charge in [0, 0.05) is 35.1 Å². The molecule has 0 spiro atoms. The lowest BCUT2D eigenvalue weighted by atomic mass is 10.2. The highest BCUT2D eigenvalue weighted by molar-refractivity contribution is 7.71. The van der Waals surface area contributed by atoms with Gasteiger partial charge in [-0.05, 0) is 55.2 Å². The number of halogens is 1. The second-order valence-corrected chi connectivity index (χ2v) is 8.33. The summed E-state index contributed by atoms with van der Waals surface area (Å²) in [5.41, 5.74) is 3.14. The predicted molar refractivity (Wildman–Crippen MR) is 129 cm³/mol. The Morgan fingerprint density at radius 2 is 1.81 bits per heavy atom. The van der Waals surface area contributed by atoms with E-state index in [0.29, 0.717) is 29.6 Å². The van der Waals surface area contributed by atoms with Crippen LogP contribution in [0.25, 0.3) is 11.4 Å². The lowest BCUT2D eigenvalue weighted by Crippen LogP contribution is -2.23. The van der Waals surface area contributed by atoms with Gasteiger partial charge >= 0.3 is 0 Å². The van der Waals surface area contributed by atoms with E-state index in [1.54, 1.807) is 19.5 Å². The fourth-order valence-corrected chi connectivity index (χ4v) is 4.04. The first kappa shape index (κ1) is 22.2. The van der Waals surface area contributed by atoms with Gasteiger partial charge in [0.1, 0.15) is 5.75 Å². The average molecular weight is 466 g/mol. The van der Waals surface area contributed by atoms with Crippen LogP contribution in [0.5, 0.6) is 5.75 Å². The Bertz CT molecular complexity index is 1240. The van der Waals surface area contributed by atoms with Crippen molar-refractivity contribution >= 4 is 23.8 Å². The SMILES string of the molecule is COc1ccc(Cl)cc1CN(C)Cn1nc(-c2ccncc2)n(Cc2ccccc2)c1=S. The van der Waals surface area contributed by atoms with E-state index in [1.807, 2.05) is 60.3 Å². The molecule has 0 amide bonds. The Morgan fingerprint density at radius 1 is 1.06 bits per heavy atom. The van der Waals surface area contributed by atoms with Crippen LogP contribution in [0.2, 0.25) is 5.02 Å². The number of ether oxygens (including phenoxy) is 1. The fourth-order valence-electron chi connectivity index (χ4n) is 3.60. The van der Waals surface area contributed by atoms with E-state index in [9.17, 15) is 0 Å². The summed E-state index contributed by atoms with van der Waals surface area (Å²) in [6.45, 7) is 1.80. The standard InChI is InChI=1S/C24H24ClN5OS/c1-28(16-20-14-21(25)8-9-22(20)31-2)17-30-24(32)29(15-18-6-4-3-5-7-18)23(27-30)19-10-12-26-13-11-19/h3-14H,15-17H2,1-2H3. The highest BCUT2D eigenvalue weighted by atomic mass is 35.5. The largest absolute Gasteiger partial charge is 0.496 e. The number of hydrogen-bond acceptors (Lipinski definition) is 5. The van der Waals surface area contributed by atoms with Crippen LogP contribution in [0.3, 0.4) is 0 Å². The van der Waals surface area contributed by atoms with Crippen LogP contribution in [-0.2, 0) is 19.8 Å². The molecular weight excluding hydrogens is 442 g/mol. The van der Waals surface area contributed by atoms with Gasteiger partial charge in [-0.3, -0.25) is 14.5 Å². The summed E-state index contributed by atoms with van der Waals surface area (Å²) in [7, 11) is 3.68. The first-order valence-corrected chi connectivity index (χ1v) is 11.0. The topological polar surface area (TPSA) is 48.1 Å². The van der Waals surface area contributed by atoms with Crippen molar-refractivity contribution in [2.45, 2.75) is 19.8 Å². The summed E-state index contributed by atoms with van der Waals surface area (Å²) in [5.74, 6) is 1.62. The van der Waals surface area contributed by atoms with Crippen LogP contribution in [0.1, 0.15) is 11.1 Å². The average Bonchev–Trinajstić information content (AvgIpc) is 3.10. The Labute approximate surface area is 197 Å². The summed E-state index contributed by atoms with van der Waals surface area (Å²) >= 11 is 12.0. The number of methoxy groups -OCH3 is 1. The zero-order valence-electron chi connectivity index (χ0n) is 18.0. The second kappa shape index (κ2) is 10.1. The number of benzene rings is 2. The molecule has 0 aliphatic rings. The molecule has 32 heavy (non-hydrogen) atoms. The van der Waals surface area contributed by atoms with Gasteiger partial charge in [-0.2, -0.15) is 5.10 Å². The lowest BCUT2D eigenvalue weighted by Gasteiger charge is -2.18. The number of rotatable bonds is 8. The maximum Gasteiger partial charge on any atom is 0.199 e. The van der Waals surface area contributed by atoms with Gasteiger partial charge in [0.05, 0.1) is 20.3 Å². The van der Waals surface area contributed by atoms with Crippen LogP contribution in [0.15, 0.2) is 73.1 Å². The number of nitrogens with zero attached hydrogens (tertiary/aromatic N) is 5. The highest BCUT2D eigenvalue weighted by Gasteiger charge is 2.15. The van der Waals surface area contributed by atoms with E-state index < -0.39 is 0 Å². The predicted octanol–water partition coefficient (Wildman–Crippen LogP) is 5.28. The molecule has 8 heteroatoms. The number of aromatic nitrogens is 4. The third-order valence-electron chi connectivity index (χ3n) is 5.10. The number of hydrogen-bond donors (Lipinski definition) is 0. The first-order chi connectivity index (χ1) is 15.5. The summed E-state index contributed by atoms with van der Waals surface area (Å²) in [4.78, 5) is 6.26. The van der Waals surface area contributed by atoms with Gasteiger partial charge in [0.25, 0.3) is 0 Å². The third-order valence-corrected chi connectivity index (χ3v) is 5.77. The minimum absolute atomic E-state index is 0.522. The van der Waals surface area contributed by atoms with E-state index >= 15 is 0 Å². The molecule has 0 unspecified atom stereocenters. The van der Waals surface area contributed by atoms with Gasteiger partial charge < -0.3 is 4.74 Å². The highest BCUT2D eigenvalue weighted by Crippen LogP contribution is 2.24. The van der Waals surface area contributed by atoms with Crippen LogP contribution >= 0.6 is 23.8 Å². The monoisotopic (exact) mass is 465 g/mol. The van der Waals surface area contributed by atoms with Crippen LogP contribution < -0.4 is 4.74 Å². The molecule has 0 saturated carbocycles. The fraction of sp³-hybridized carbons (Fsp3) is 0.208. The zero-order valence-corrected chi connectivity index (χ0v) is 19.6. The molecule has 2 aromatic heterocycles. The van der Waals surface area contributed by atoms with Crippen molar-refractivity contribution in [2.24, 2.45) is 0 Å². The van der Waals surface area contributed by atoms with Crippen LogP contribution in [0, 0.1) is 4.77 Å². The van der Waals surface area contributed by atoms with Crippen molar-refractivity contribution in [3.05, 3.63) is 94.0 Å². The van der Waals surface area contributed by atoms with E-state index in [-0.39, 0.29) is 0 Å². The molecule has 0 saturated heterocycles. The van der Waals surface area contributed by atoms with Crippen molar-refractivity contribution in [1.29, 1.82) is 0 Å². The maximum atomic E-state index is 6.19. The van der Waals surface area contributed by atoms with E-state index in [4.69, 9.17) is 33.7 Å². The molecule has 0 aliphatic carbocycles. The molecule has 0 fully saturated rings. The molecule has 2 heterocycles. The molecule has 0 atom stereocenters. The molecule has 0 aliphatic heterocycles. The van der Waals surface area contributed by atoms with Gasteiger partial charge in [-0.25, -0.2) is 4.68 Å². The molecule has 2 aromatic carbocycles. The summed E-state index contributed by atoms with van der Waals surface area (Å²) in [6.07, 6.45) is 3.53. The van der Waals surface area contributed by atoms with Gasteiger partial charge in [0.2, 0.25) is 0 Å². The Balaban J connectivity index is 1.64. The number of pyridine rings is 1. The molecule has 4 rings (SSSR count). The van der Waals surface area contributed by atoms with Gasteiger partial charge in [-0.15, -0.1) is 0 Å². The third kappa shape index (κ3) is 5.07. The molecule has 0 radical (unpaired) electrons. The summed E-state index contributed by atoms with van der Waals surface area (Å²) in [6, 6.07) is 19.8. The molecular formula is C24H24ClN5OS. The lowest BCUT2D eigenvalue weighted by molar-refractivity contribution is 0.240. The van der Waals surface area contributed by atoms with Crippen molar-refractivity contribution in [2.75, 3.05) is 14.2 Å². The van der Waals surface area contributed by atoms with Crippen molar-refractivity contribution in [3.8, 4) is 17.1 Å². The molecule has 6 nitrogen and oxygen atoms in total. The van der Waals surface area contributed by atoms with Gasteiger partial charge in [0.15, 0.2) is 10.6 Å². The van der Waals surface area contributed by atoms with Gasteiger partial charge in [-0.1, -0.05) is 41.9 Å². The first-order valence-electron chi connectivity index (χ1n) is 10.2. The zero-order chi connectivity index (χ0) is 22.5. The molecule has 164 valence electrons. The summed E-state index contributed by atoms with van der Waals surface area (Å²) < 4.78 is 10.1.